The van der Waals surface area contributed by atoms with Crippen molar-refractivity contribution >= 4 is 17.3 Å². The van der Waals surface area contributed by atoms with Gasteiger partial charge in [-0.05, 0) is 18.4 Å². The van der Waals surface area contributed by atoms with E-state index in [0.29, 0.717) is 36.9 Å². The molecule has 0 saturated heterocycles. The summed E-state index contributed by atoms with van der Waals surface area (Å²) >= 11 is 0. The van der Waals surface area contributed by atoms with Crippen LogP contribution in [0.4, 0.5) is 14.7 Å². The minimum atomic E-state index is -2.56. The van der Waals surface area contributed by atoms with Crippen LogP contribution in [0.25, 0.3) is 11.4 Å². The van der Waals surface area contributed by atoms with Crippen molar-refractivity contribution < 1.29 is 13.5 Å². The molecule has 7 nitrogen and oxygen atoms in total. The third-order valence-corrected chi connectivity index (χ3v) is 5.52. The lowest BCUT2D eigenvalue weighted by molar-refractivity contribution is -0.0361. The number of fused-ring (bicyclic) bond motifs is 2. The molecule has 3 aromatic heterocycles. The molecule has 3 heterocycles. The number of hydrogen-bond acceptors (Lipinski definition) is 6. The number of allylic oxidation sites excluding steroid dienone is 1. The number of aromatic nitrogens is 5. The van der Waals surface area contributed by atoms with Gasteiger partial charge in [-0.15, -0.1) is 0 Å². The number of hydrogen-bond donors (Lipinski definition) is 1. The van der Waals surface area contributed by atoms with Crippen LogP contribution in [-0.4, -0.2) is 43.4 Å². The SMILES string of the molecule is COc1nc(NC2CCC(F)(F)CC2)nc2c1C(c1cnc3nccn3c1)=CC2. The van der Waals surface area contributed by atoms with Gasteiger partial charge in [0.1, 0.15) is 0 Å². The predicted molar refractivity (Wildman–Crippen MR) is 103 cm³/mol. The number of halogens is 2. The first-order valence-corrected chi connectivity index (χ1v) is 9.61. The van der Waals surface area contributed by atoms with Crippen molar-refractivity contribution in [1.29, 1.82) is 0 Å². The van der Waals surface area contributed by atoms with Gasteiger partial charge in [0.25, 0.3) is 0 Å². The molecule has 2 aliphatic rings. The van der Waals surface area contributed by atoms with Crippen molar-refractivity contribution in [3.05, 3.63) is 47.7 Å². The molecule has 1 saturated carbocycles. The van der Waals surface area contributed by atoms with E-state index >= 15 is 0 Å². The molecule has 150 valence electrons. The molecule has 3 aromatic rings. The largest absolute Gasteiger partial charge is 0.480 e. The Hall–Kier alpha value is -3.10. The second-order valence-corrected chi connectivity index (χ2v) is 7.45. The summed E-state index contributed by atoms with van der Waals surface area (Å²) < 4.78 is 34.2. The average Bonchev–Trinajstić information content (AvgIpc) is 3.35. The molecule has 0 amide bonds. The van der Waals surface area contributed by atoms with Crippen LogP contribution in [0.2, 0.25) is 0 Å². The van der Waals surface area contributed by atoms with E-state index < -0.39 is 5.92 Å². The molecule has 29 heavy (non-hydrogen) atoms. The second-order valence-electron chi connectivity index (χ2n) is 7.45. The fourth-order valence-corrected chi connectivity index (χ4v) is 4.00. The van der Waals surface area contributed by atoms with Crippen molar-refractivity contribution in [3.8, 4) is 5.88 Å². The molecule has 0 atom stereocenters. The monoisotopic (exact) mass is 398 g/mol. The minimum Gasteiger partial charge on any atom is -0.480 e. The van der Waals surface area contributed by atoms with E-state index in [-0.39, 0.29) is 18.9 Å². The molecule has 2 aliphatic carbocycles. The van der Waals surface area contributed by atoms with E-state index in [9.17, 15) is 8.78 Å². The Morgan fingerprint density at radius 3 is 2.83 bits per heavy atom. The standard InChI is InChI=1S/C20H20F2N6O/c1-29-17-16-14(12-10-24-19-23-8-9-28(19)11-12)2-3-15(16)26-18(27-17)25-13-4-6-20(21,22)7-5-13/h2,8-11,13H,3-7H2,1H3,(H,25,26,27). The Labute approximate surface area is 165 Å². The van der Waals surface area contributed by atoms with Crippen LogP contribution in [0.1, 0.15) is 42.5 Å². The van der Waals surface area contributed by atoms with Crippen LogP contribution >= 0.6 is 0 Å². The third-order valence-electron chi connectivity index (χ3n) is 5.52. The van der Waals surface area contributed by atoms with E-state index in [4.69, 9.17) is 4.74 Å². The van der Waals surface area contributed by atoms with Crippen LogP contribution in [0, 0.1) is 0 Å². The Kier molecular flexibility index (Phi) is 4.18. The number of ether oxygens (including phenoxy) is 1. The molecular weight excluding hydrogens is 378 g/mol. The number of imidazole rings is 1. The van der Waals surface area contributed by atoms with Crippen LogP contribution in [0.5, 0.6) is 5.88 Å². The first kappa shape index (κ1) is 18.0. The quantitative estimate of drug-likeness (QED) is 0.725. The van der Waals surface area contributed by atoms with Crippen molar-refractivity contribution in [2.45, 2.75) is 44.1 Å². The number of alkyl halides is 2. The van der Waals surface area contributed by atoms with Gasteiger partial charge >= 0.3 is 0 Å². The van der Waals surface area contributed by atoms with Crippen LogP contribution in [0.15, 0.2) is 30.9 Å². The first-order valence-electron chi connectivity index (χ1n) is 9.61. The third kappa shape index (κ3) is 3.30. The van der Waals surface area contributed by atoms with E-state index in [1.54, 1.807) is 19.5 Å². The zero-order valence-corrected chi connectivity index (χ0v) is 15.9. The summed E-state index contributed by atoms with van der Waals surface area (Å²) in [6.45, 7) is 0. The van der Waals surface area contributed by atoms with Gasteiger partial charge in [-0.1, -0.05) is 6.08 Å². The highest BCUT2D eigenvalue weighted by molar-refractivity contribution is 5.86. The highest BCUT2D eigenvalue weighted by Crippen LogP contribution is 2.38. The number of methoxy groups -OCH3 is 1. The van der Waals surface area contributed by atoms with Gasteiger partial charge in [0.15, 0.2) is 0 Å². The van der Waals surface area contributed by atoms with E-state index in [0.717, 1.165) is 22.4 Å². The van der Waals surface area contributed by atoms with Gasteiger partial charge in [0.2, 0.25) is 23.5 Å². The molecule has 1 N–H and O–H groups in total. The maximum absolute atomic E-state index is 13.4. The summed E-state index contributed by atoms with van der Waals surface area (Å²) in [7, 11) is 1.57. The number of nitrogens with one attached hydrogen (secondary N) is 1. The van der Waals surface area contributed by atoms with Gasteiger partial charge in [-0.2, -0.15) is 4.98 Å². The summed E-state index contributed by atoms with van der Waals surface area (Å²) in [5.41, 5.74) is 3.57. The number of rotatable bonds is 4. The molecule has 0 spiro atoms. The van der Waals surface area contributed by atoms with Gasteiger partial charge in [0, 0.05) is 55.7 Å². The van der Waals surface area contributed by atoms with Crippen molar-refractivity contribution in [2.24, 2.45) is 0 Å². The molecular formula is C20H20F2N6O. The van der Waals surface area contributed by atoms with Gasteiger partial charge in [-0.3, -0.25) is 4.40 Å². The molecule has 0 bridgehead atoms. The number of anilines is 1. The highest BCUT2D eigenvalue weighted by Gasteiger charge is 2.35. The average molecular weight is 398 g/mol. The Balaban J connectivity index is 1.43. The first-order chi connectivity index (χ1) is 14.0. The van der Waals surface area contributed by atoms with Crippen LogP contribution < -0.4 is 10.1 Å². The van der Waals surface area contributed by atoms with E-state index in [2.05, 4.69) is 31.3 Å². The molecule has 1 fully saturated rings. The zero-order chi connectivity index (χ0) is 20.0. The maximum Gasteiger partial charge on any atom is 0.248 e. The number of nitrogens with zero attached hydrogens (tertiary/aromatic N) is 5. The summed E-state index contributed by atoms with van der Waals surface area (Å²) in [6.07, 6.45) is 10.6. The molecule has 0 unspecified atom stereocenters. The van der Waals surface area contributed by atoms with Crippen LogP contribution in [0.3, 0.4) is 0 Å². The second kappa shape index (κ2) is 6.75. The lowest BCUT2D eigenvalue weighted by Gasteiger charge is -2.29. The Bertz CT molecular complexity index is 1100. The van der Waals surface area contributed by atoms with Crippen molar-refractivity contribution in [3.63, 3.8) is 0 Å². The van der Waals surface area contributed by atoms with Crippen LogP contribution in [-0.2, 0) is 6.42 Å². The fraction of sp³-hybridized carbons (Fsp3) is 0.400. The topological polar surface area (TPSA) is 77.2 Å². The van der Waals surface area contributed by atoms with Crippen molar-refractivity contribution in [1.82, 2.24) is 24.3 Å². The Morgan fingerprint density at radius 2 is 2.03 bits per heavy atom. The molecule has 0 aliphatic heterocycles. The predicted octanol–water partition coefficient (Wildman–Crippen LogP) is 3.51. The summed E-state index contributed by atoms with van der Waals surface area (Å²) in [5, 5.41) is 3.21. The fourth-order valence-electron chi connectivity index (χ4n) is 4.00. The van der Waals surface area contributed by atoms with Gasteiger partial charge in [-0.25, -0.2) is 23.7 Å². The summed E-state index contributed by atoms with van der Waals surface area (Å²) in [5.74, 6) is -1.03. The summed E-state index contributed by atoms with van der Waals surface area (Å²) in [6, 6.07) is -0.0564. The smallest absolute Gasteiger partial charge is 0.248 e. The molecule has 0 radical (unpaired) electrons. The van der Waals surface area contributed by atoms with Crippen molar-refractivity contribution in [2.75, 3.05) is 12.4 Å². The highest BCUT2D eigenvalue weighted by atomic mass is 19.3. The Morgan fingerprint density at radius 1 is 1.21 bits per heavy atom. The lowest BCUT2D eigenvalue weighted by atomic mass is 9.92. The summed E-state index contributed by atoms with van der Waals surface area (Å²) in [4.78, 5) is 17.7. The normalized spacial score (nSPS) is 18.5. The molecule has 5 rings (SSSR count). The molecule has 0 aromatic carbocycles. The zero-order valence-electron chi connectivity index (χ0n) is 15.9. The minimum absolute atomic E-state index is 0.0564. The maximum atomic E-state index is 13.4. The van der Waals surface area contributed by atoms with Gasteiger partial charge in [0.05, 0.1) is 18.4 Å². The lowest BCUT2D eigenvalue weighted by Crippen LogP contribution is -2.32. The van der Waals surface area contributed by atoms with E-state index in [1.165, 1.54) is 0 Å². The molecule has 9 heteroatoms. The van der Waals surface area contributed by atoms with E-state index in [1.807, 2.05) is 16.8 Å². The van der Waals surface area contributed by atoms with Gasteiger partial charge < -0.3 is 10.1 Å².